The Morgan fingerprint density at radius 2 is 1.78 bits per heavy atom. The Bertz CT molecular complexity index is 415. The van der Waals surface area contributed by atoms with Gasteiger partial charge in [-0.05, 0) is 19.9 Å². The van der Waals surface area contributed by atoms with E-state index in [2.05, 4.69) is 4.90 Å². The molecule has 1 N–H and O–H groups in total. The van der Waals surface area contributed by atoms with Crippen molar-refractivity contribution in [1.82, 2.24) is 9.21 Å². The van der Waals surface area contributed by atoms with Gasteiger partial charge in [-0.3, -0.25) is 4.79 Å². The Morgan fingerprint density at radius 1 is 1.17 bits per heavy atom. The highest BCUT2D eigenvalue weighted by molar-refractivity contribution is 7.89. The van der Waals surface area contributed by atoms with Crippen LogP contribution in [0.4, 0.5) is 0 Å². The van der Waals surface area contributed by atoms with E-state index in [9.17, 15) is 13.2 Å². The van der Waals surface area contributed by atoms with E-state index < -0.39 is 27.2 Å². The maximum absolute atomic E-state index is 12.5. The van der Waals surface area contributed by atoms with E-state index in [1.165, 1.54) is 4.31 Å². The molecule has 0 radical (unpaired) electrons. The van der Waals surface area contributed by atoms with Crippen molar-refractivity contribution >= 4 is 16.0 Å². The summed E-state index contributed by atoms with van der Waals surface area (Å²) < 4.78 is 26.4. The van der Waals surface area contributed by atoms with Crippen LogP contribution in [0.15, 0.2) is 0 Å². The van der Waals surface area contributed by atoms with Crippen molar-refractivity contribution in [3.05, 3.63) is 0 Å². The van der Waals surface area contributed by atoms with Gasteiger partial charge in [0.05, 0.1) is 11.2 Å². The summed E-state index contributed by atoms with van der Waals surface area (Å²) in [4.78, 5) is 13.2. The Balaban J connectivity index is 2.13. The van der Waals surface area contributed by atoms with Gasteiger partial charge in [0.1, 0.15) is 0 Å². The molecule has 1 heterocycles. The van der Waals surface area contributed by atoms with Crippen LogP contribution in [0.3, 0.4) is 0 Å². The predicted octanol–water partition coefficient (Wildman–Crippen LogP) is -0.183. The second kappa shape index (κ2) is 5.14. The van der Waals surface area contributed by atoms with Crippen LogP contribution in [0.5, 0.6) is 0 Å². The largest absolute Gasteiger partial charge is 0.481 e. The Kier molecular flexibility index (Phi) is 3.93. The van der Waals surface area contributed by atoms with Gasteiger partial charge in [-0.15, -0.1) is 0 Å². The molecule has 2 fully saturated rings. The lowest BCUT2D eigenvalue weighted by molar-refractivity contribution is -0.141. The van der Waals surface area contributed by atoms with Gasteiger partial charge in [0.15, 0.2) is 0 Å². The number of hydrogen-bond donors (Lipinski definition) is 1. The summed E-state index contributed by atoms with van der Waals surface area (Å²) in [5.74, 6) is -1.70. The number of rotatable bonds is 3. The van der Waals surface area contributed by atoms with Crippen molar-refractivity contribution < 1.29 is 18.3 Å². The smallest absolute Gasteiger partial charge is 0.307 e. The Labute approximate surface area is 108 Å². The van der Waals surface area contributed by atoms with Crippen molar-refractivity contribution in [3.8, 4) is 0 Å². The topological polar surface area (TPSA) is 77.9 Å². The van der Waals surface area contributed by atoms with E-state index in [0.29, 0.717) is 45.4 Å². The van der Waals surface area contributed by atoms with E-state index in [1.54, 1.807) is 0 Å². The van der Waals surface area contributed by atoms with Gasteiger partial charge >= 0.3 is 5.97 Å². The molecule has 0 aromatic carbocycles. The molecule has 104 valence electrons. The van der Waals surface area contributed by atoms with Crippen molar-refractivity contribution in [3.63, 3.8) is 0 Å². The third-order valence-corrected chi connectivity index (χ3v) is 6.39. The molecule has 0 amide bonds. The summed E-state index contributed by atoms with van der Waals surface area (Å²) in [6.45, 7) is 2.37. The molecular weight excluding hydrogens is 256 g/mol. The first-order valence-corrected chi connectivity index (χ1v) is 7.83. The summed E-state index contributed by atoms with van der Waals surface area (Å²) in [6.07, 6.45) is 1.65. The fourth-order valence-corrected chi connectivity index (χ4v) is 4.99. The van der Waals surface area contributed by atoms with Gasteiger partial charge in [0.25, 0.3) is 0 Å². The van der Waals surface area contributed by atoms with E-state index in [-0.39, 0.29) is 0 Å². The number of aliphatic carboxylic acids is 1. The first-order valence-electron chi connectivity index (χ1n) is 6.33. The number of nitrogens with zero attached hydrogens (tertiary/aromatic N) is 2. The Hall–Kier alpha value is -0.660. The number of carbonyl (C=O) groups is 1. The molecule has 6 nitrogen and oxygen atoms in total. The van der Waals surface area contributed by atoms with Crippen molar-refractivity contribution in [2.24, 2.45) is 5.92 Å². The van der Waals surface area contributed by atoms with Crippen LogP contribution in [0.1, 0.15) is 19.3 Å². The zero-order chi connectivity index (χ0) is 13.3. The second-order valence-electron chi connectivity index (χ2n) is 5.16. The van der Waals surface area contributed by atoms with Gasteiger partial charge in [0, 0.05) is 26.2 Å². The monoisotopic (exact) mass is 276 g/mol. The highest BCUT2D eigenvalue weighted by Gasteiger charge is 2.44. The molecule has 2 aliphatic rings. The minimum absolute atomic E-state index is 0.474. The van der Waals surface area contributed by atoms with Gasteiger partial charge in [0.2, 0.25) is 10.0 Å². The third-order valence-electron chi connectivity index (χ3n) is 3.97. The van der Waals surface area contributed by atoms with Crippen molar-refractivity contribution in [2.75, 3.05) is 33.2 Å². The molecule has 0 bridgehead atoms. The molecule has 1 aliphatic heterocycles. The standard InChI is InChI=1S/C11H20N2O4S/c1-12-5-7-13(8-6-12)18(16,17)10-4-2-3-9(10)11(14)15/h9-10H,2-8H2,1H3,(H,14,15). The molecule has 0 aromatic rings. The molecule has 2 unspecified atom stereocenters. The predicted molar refractivity (Wildman–Crippen MR) is 66.8 cm³/mol. The first kappa shape index (κ1) is 13.8. The minimum Gasteiger partial charge on any atom is -0.481 e. The van der Waals surface area contributed by atoms with Crippen molar-refractivity contribution in [2.45, 2.75) is 24.5 Å². The van der Waals surface area contributed by atoms with Crippen LogP contribution < -0.4 is 0 Å². The zero-order valence-corrected chi connectivity index (χ0v) is 11.4. The molecular formula is C11H20N2O4S. The number of carboxylic acids is 1. The van der Waals surface area contributed by atoms with Gasteiger partial charge in [-0.1, -0.05) is 6.42 Å². The number of likely N-dealkylation sites (N-methyl/N-ethyl adjacent to an activating group) is 1. The number of carboxylic acid groups (broad SMARTS) is 1. The summed E-state index contributed by atoms with van der Waals surface area (Å²) in [6, 6.07) is 0. The minimum atomic E-state index is -3.45. The molecule has 0 spiro atoms. The number of sulfonamides is 1. The summed E-state index contributed by atoms with van der Waals surface area (Å²) in [5.41, 5.74) is 0. The number of piperazine rings is 1. The highest BCUT2D eigenvalue weighted by atomic mass is 32.2. The first-order chi connectivity index (χ1) is 8.43. The quantitative estimate of drug-likeness (QED) is 0.773. The molecule has 18 heavy (non-hydrogen) atoms. The molecule has 1 saturated carbocycles. The number of hydrogen-bond acceptors (Lipinski definition) is 4. The maximum Gasteiger partial charge on any atom is 0.307 e. The van der Waals surface area contributed by atoms with Gasteiger partial charge in [-0.2, -0.15) is 4.31 Å². The molecule has 2 atom stereocenters. The lowest BCUT2D eigenvalue weighted by atomic mass is 10.1. The van der Waals surface area contributed by atoms with Crippen LogP contribution in [0.25, 0.3) is 0 Å². The molecule has 0 aromatic heterocycles. The lowest BCUT2D eigenvalue weighted by Crippen LogP contribution is -2.51. The van der Waals surface area contributed by atoms with E-state index in [0.717, 1.165) is 0 Å². The van der Waals surface area contributed by atoms with Crippen LogP contribution in [0, 0.1) is 5.92 Å². The van der Waals surface area contributed by atoms with E-state index in [4.69, 9.17) is 5.11 Å². The normalized spacial score (nSPS) is 31.6. The summed E-state index contributed by atoms with van der Waals surface area (Å²) >= 11 is 0. The molecule has 1 aliphatic carbocycles. The molecule has 2 rings (SSSR count). The fraction of sp³-hybridized carbons (Fsp3) is 0.909. The SMILES string of the molecule is CN1CCN(S(=O)(=O)C2CCCC2C(=O)O)CC1. The zero-order valence-electron chi connectivity index (χ0n) is 10.6. The van der Waals surface area contributed by atoms with Gasteiger partial charge in [-0.25, -0.2) is 8.42 Å². The molecule has 7 heteroatoms. The summed E-state index contributed by atoms with van der Waals surface area (Å²) in [7, 11) is -1.50. The second-order valence-corrected chi connectivity index (χ2v) is 7.31. The van der Waals surface area contributed by atoms with E-state index in [1.807, 2.05) is 7.05 Å². The van der Waals surface area contributed by atoms with Crippen LogP contribution >= 0.6 is 0 Å². The van der Waals surface area contributed by atoms with Gasteiger partial charge < -0.3 is 10.0 Å². The Morgan fingerprint density at radius 3 is 2.33 bits per heavy atom. The average Bonchev–Trinajstić information content (AvgIpc) is 2.79. The van der Waals surface area contributed by atoms with E-state index >= 15 is 0 Å². The maximum atomic E-state index is 12.5. The highest BCUT2D eigenvalue weighted by Crippen LogP contribution is 2.33. The molecule has 1 saturated heterocycles. The van der Waals surface area contributed by atoms with Crippen LogP contribution in [-0.2, 0) is 14.8 Å². The lowest BCUT2D eigenvalue weighted by Gasteiger charge is -2.34. The van der Waals surface area contributed by atoms with Crippen LogP contribution in [0.2, 0.25) is 0 Å². The van der Waals surface area contributed by atoms with Crippen LogP contribution in [-0.4, -0.2) is 67.2 Å². The van der Waals surface area contributed by atoms with Crippen molar-refractivity contribution in [1.29, 1.82) is 0 Å². The third kappa shape index (κ3) is 2.53. The fourth-order valence-electron chi connectivity index (χ4n) is 2.80. The summed E-state index contributed by atoms with van der Waals surface area (Å²) in [5, 5.41) is 8.37. The average molecular weight is 276 g/mol.